The van der Waals surface area contributed by atoms with E-state index in [1.165, 1.54) is 9.13 Å². The van der Waals surface area contributed by atoms with E-state index in [0.29, 0.717) is 23.0 Å². The molecule has 15 heavy (non-hydrogen) atoms. The van der Waals surface area contributed by atoms with Crippen molar-refractivity contribution in [2.45, 2.75) is 13.3 Å². The Morgan fingerprint density at radius 1 is 1.27 bits per heavy atom. The van der Waals surface area contributed by atoms with Gasteiger partial charge >= 0.3 is 5.69 Å². The van der Waals surface area contributed by atoms with Crippen LogP contribution in [0.4, 0.5) is 4.39 Å². The number of halogens is 1. The van der Waals surface area contributed by atoms with Crippen LogP contribution in [0.1, 0.15) is 12.5 Å². The molecule has 0 fully saturated rings. The first-order valence-corrected chi connectivity index (χ1v) is 4.90. The fraction of sp³-hybridized carbons (Fsp3) is 0.364. The first-order valence-electron chi connectivity index (χ1n) is 4.90. The van der Waals surface area contributed by atoms with E-state index < -0.39 is 0 Å². The number of nitrogens with zero attached hydrogens (tertiary/aromatic N) is 2. The standard InChI is InChI=1S/C11H13FN2O/c1-4-7-5-6-8-10(9(7)12)14(3)11(15)13(8)2/h5-6H,4H2,1-3H3. The number of aromatic nitrogens is 2. The second-order valence-corrected chi connectivity index (χ2v) is 3.66. The maximum absolute atomic E-state index is 14.0. The van der Waals surface area contributed by atoms with Crippen molar-refractivity contribution >= 4 is 11.0 Å². The fourth-order valence-electron chi connectivity index (χ4n) is 1.88. The van der Waals surface area contributed by atoms with Crippen LogP contribution >= 0.6 is 0 Å². The molecule has 0 spiro atoms. The zero-order valence-corrected chi connectivity index (χ0v) is 9.04. The van der Waals surface area contributed by atoms with Gasteiger partial charge in [-0.25, -0.2) is 9.18 Å². The number of hydrogen-bond acceptors (Lipinski definition) is 1. The van der Waals surface area contributed by atoms with Crippen LogP contribution in [0.2, 0.25) is 0 Å². The molecule has 0 radical (unpaired) electrons. The van der Waals surface area contributed by atoms with E-state index in [1.807, 2.05) is 6.92 Å². The summed E-state index contributed by atoms with van der Waals surface area (Å²) in [6, 6.07) is 3.52. The summed E-state index contributed by atoms with van der Waals surface area (Å²) in [6.45, 7) is 1.89. The molecular formula is C11H13FN2O. The SMILES string of the molecule is CCc1ccc2c(c1F)n(C)c(=O)n2C. The van der Waals surface area contributed by atoms with Crippen LogP contribution in [-0.2, 0) is 20.5 Å². The van der Waals surface area contributed by atoms with Gasteiger partial charge in [0.2, 0.25) is 0 Å². The van der Waals surface area contributed by atoms with Crippen molar-refractivity contribution in [2.24, 2.45) is 14.1 Å². The summed E-state index contributed by atoms with van der Waals surface area (Å²) in [7, 11) is 3.24. The average molecular weight is 208 g/mol. The molecule has 1 aromatic heterocycles. The molecule has 0 aliphatic rings. The summed E-state index contributed by atoms with van der Waals surface area (Å²) in [5.41, 5.74) is 1.47. The maximum Gasteiger partial charge on any atom is 0.328 e. The second kappa shape index (κ2) is 3.22. The lowest BCUT2D eigenvalue weighted by Gasteiger charge is -2.02. The molecule has 0 bridgehead atoms. The van der Waals surface area contributed by atoms with Gasteiger partial charge in [-0.1, -0.05) is 13.0 Å². The van der Waals surface area contributed by atoms with Gasteiger partial charge in [0.25, 0.3) is 0 Å². The summed E-state index contributed by atoms with van der Waals surface area (Å²) < 4.78 is 16.8. The van der Waals surface area contributed by atoms with Gasteiger partial charge in [-0.3, -0.25) is 9.13 Å². The molecular weight excluding hydrogens is 195 g/mol. The number of benzene rings is 1. The molecule has 0 unspecified atom stereocenters. The highest BCUT2D eigenvalue weighted by Crippen LogP contribution is 2.19. The van der Waals surface area contributed by atoms with Crippen LogP contribution in [0.25, 0.3) is 11.0 Å². The molecule has 0 N–H and O–H groups in total. The summed E-state index contributed by atoms with van der Waals surface area (Å²) in [4.78, 5) is 11.6. The van der Waals surface area contributed by atoms with Crippen molar-refractivity contribution < 1.29 is 4.39 Å². The van der Waals surface area contributed by atoms with Crippen molar-refractivity contribution in [1.82, 2.24) is 9.13 Å². The highest BCUT2D eigenvalue weighted by Gasteiger charge is 2.14. The first kappa shape index (κ1) is 9.96. The molecule has 0 aliphatic heterocycles. The average Bonchev–Trinajstić information content (AvgIpc) is 2.45. The van der Waals surface area contributed by atoms with Crippen LogP contribution in [0.5, 0.6) is 0 Å². The molecule has 0 atom stereocenters. The van der Waals surface area contributed by atoms with Crippen molar-refractivity contribution in [2.75, 3.05) is 0 Å². The number of aryl methyl sites for hydroxylation is 3. The lowest BCUT2D eigenvalue weighted by Crippen LogP contribution is -2.19. The second-order valence-electron chi connectivity index (χ2n) is 3.66. The third kappa shape index (κ3) is 1.21. The molecule has 1 aromatic carbocycles. The summed E-state index contributed by atoms with van der Waals surface area (Å²) in [6.07, 6.45) is 0.630. The Balaban J connectivity index is 3.00. The molecule has 3 nitrogen and oxygen atoms in total. The molecule has 2 rings (SSSR count). The highest BCUT2D eigenvalue weighted by atomic mass is 19.1. The highest BCUT2D eigenvalue weighted by molar-refractivity contribution is 5.77. The van der Waals surface area contributed by atoms with E-state index in [0.717, 1.165) is 0 Å². The van der Waals surface area contributed by atoms with E-state index in [9.17, 15) is 9.18 Å². The molecule has 0 saturated carbocycles. The van der Waals surface area contributed by atoms with Gasteiger partial charge in [-0.05, 0) is 18.1 Å². The Labute approximate surface area is 86.7 Å². The molecule has 1 heterocycles. The largest absolute Gasteiger partial charge is 0.328 e. The predicted molar refractivity (Wildman–Crippen MR) is 57.5 cm³/mol. The van der Waals surface area contributed by atoms with Crippen LogP contribution in [0.15, 0.2) is 16.9 Å². The topological polar surface area (TPSA) is 26.9 Å². The van der Waals surface area contributed by atoms with Gasteiger partial charge < -0.3 is 0 Å². The van der Waals surface area contributed by atoms with Crippen LogP contribution in [0, 0.1) is 5.82 Å². The lowest BCUT2D eigenvalue weighted by atomic mass is 10.1. The van der Waals surface area contributed by atoms with Gasteiger partial charge in [0, 0.05) is 14.1 Å². The van der Waals surface area contributed by atoms with E-state index >= 15 is 0 Å². The maximum atomic E-state index is 14.0. The fourth-order valence-corrected chi connectivity index (χ4v) is 1.88. The zero-order valence-electron chi connectivity index (χ0n) is 9.04. The van der Waals surface area contributed by atoms with Crippen molar-refractivity contribution in [3.63, 3.8) is 0 Å². The Hall–Kier alpha value is -1.58. The van der Waals surface area contributed by atoms with Gasteiger partial charge in [-0.15, -0.1) is 0 Å². The number of imidazole rings is 1. The minimum atomic E-state index is -0.282. The molecule has 80 valence electrons. The molecule has 4 heteroatoms. The van der Waals surface area contributed by atoms with Crippen molar-refractivity contribution in [1.29, 1.82) is 0 Å². The molecule has 0 aliphatic carbocycles. The van der Waals surface area contributed by atoms with Gasteiger partial charge in [-0.2, -0.15) is 0 Å². The minimum absolute atomic E-state index is 0.197. The quantitative estimate of drug-likeness (QED) is 0.699. The lowest BCUT2D eigenvalue weighted by molar-refractivity contribution is 0.615. The first-order chi connectivity index (χ1) is 7.07. The summed E-state index contributed by atoms with van der Waals surface area (Å²) in [5.74, 6) is -0.282. The van der Waals surface area contributed by atoms with Crippen molar-refractivity contribution in [3.8, 4) is 0 Å². The Bertz CT molecular complexity index is 580. The predicted octanol–water partition coefficient (Wildman–Crippen LogP) is 1.58. The van der Waals surface area contributed by atoms with E-state index in [2.05, 4.69) is 0 Å². The third-order valence-electron chi connectivity index (χ3n) is 2.83. The van der Waals surface area contributed by atoms with Crippen LogP contribution in [0.3, 0.4) is 0 Å². The minimum Gasteiger partial charge on any atom is -0.295 e. The van der Waals surface area contributed by atoms with Gasteiger partial charge in [0.05, 0.1) is 5.52 Å². The normalized spacial score (nSPS) is 11.2. The van der Waals surface area contributed by atoms with Gasteiger partial charge in [0.1, 0.15) is 5.52 Å². The Morgan fingerprint density at radius 3 is 2.53 bits per heavy atom. The molecule has 0 amide bonds. The third-order valence-corrected chi connectivity index (χ3v) is 2.83. The van der Waals surface area contributed by atoms with Crippen LogP contribution in [-0.4, -0.2) is 9.13 Å². The van der Waals surface area contributed by atoms with E-state index in [1.54, 1.807) is 26.2 Å². The summed E-state index contributed by atoms with van der Waals surface area (Å²) >= 11 is 0. The molecule has 2 aromatic rings. The monoisotopic (exact) mass is 208 g/mol. The smallest absolute Gasteiger partial charge is 0.295 e. The van der Waals surface area contributed by atoms with Gasteiger partial charge in [0.15, 0.2) is 5.82 Å². The Morgan fingerprint density at radius 2 is 1.93 bits per heavy atom. The van der Waals surface area contributed by atoms with E-state index in [4.69, 9.17) is 0 Å². The van der Waals surface area contributed by atoms with Crippen molar-refractivity contribution in [3.05, 3.63) is 34.0 Å². The number of rotatable bonds is 1. The number of hydrogen-bond donors (Lipinski definition) is 0. The van der Waals surface area contributed by atoms with Crippen LogP contribution < -0.4 is 5.69 Å². The van der Waals surface area contributed by atoms with E-state index in [-0.39, 0.29) is 11.5 Å². The Kier molecular flexibility index (Phi) is 2.14. The number of fused-ring (bicyclic) bond motifs is 1. The zero-order chi connectivity index (χ0) is 11.2. The molecule has 0 saturated heterocycles. The summed E-state index contributed by atoms with van der Waals surface area (Å²) in [5, 5.41) is 0.